The van der Waals surface area contributed by atoms with Crippen molar-refractivity contribution < 1.29 is 14.6 Å². The van der Waals surface area contributed by atoms with E-state index in [1.807, 2.05) is 52.0 Å². The molecule has 0 heterocycles. The number of carbonyl (C=O) groups is 1. The summed E-state index contributed by atoms with van der Waals surface area (Å²) >= 11 is 0. The number of aliphatic hydroxyl groups excluding tert-OH is 1. The molecule has 1 amide bonds. The lowest BCUT2D eigenvalue weighted by Gasteiger charge is -2.31. The van der Waals surface area contributed by atoms with Crippen molar-refractivity contribution >= 4 is 5.91 Å². The predicted octanol–water partition coefficient (Wildman–Crippen LogP) is 2.29. The summed E-state index contributed by atoms with van der Waals surface area (Å²) in [5.41, 5.74) is 1.06. The van der Waals surface area contributed by atoms with Crippen LogP contribution < -0.4 is 10.1 Å². The SMILES string of the molecule is Cc1ccc(OCC(=O)NC(CCO)C(C)(C)C)cc1. The highest BCUT2D eigenvalue weighted by atomic mass is 16.5. The van der Waals surface area contributed by atoms with Gasteiger partial charge in [-0.3, -0.25) is 4.79 Å². The van der Waals surface area contributed by atoms with Gasteiger partial charge in [-0.05, 0) is 30.9 Å². The van der Waals surface area contributed by atoms with Crippen molar-refractivity contribution in [2.75, 3.05) is 13.2 Å². The lowest BCUT2D eigenvalue weighted by Crippen LogP contribution is -2.46. The number of benzene rings is 1. The number of carbonyl (C=O) groups excluding carboxylic acids is 1. The van der Waals surface area contributed by atoms with Crippen LogP contribution in [-0.2, 0) is 4.79 Å². The van der Waals surface area contributed by atoms with Crippen LogP contribution in [-0.4, -0.2) is 30.3 Å². The van der Waals surface area contributed by atoms with Crippen LogP contribution in [0.3, 0.4) is 0 Å². The Morgan fingerprint density at radius 2 is 1.90 bits per heavy atom. The summed E-state index contributed by atoms with van der Waals surface area (Å²) in [7, 11) is 0. The Bertz CT molecular complexity index is 420. The van der Waals surface area contributed by atoms with Crippen molar-refractivity contribution in [1.82, 2.24) is 5.32 Å². The van der Waals surface area contributed by atoms with Gasteiger partial charge >= 0.3 is 0 Å². The predicted molar refractivity (Wildman–Crippen MR) is 79.8 cm³/mol. The minimum atomic E-state index is -0.168. The van der Waals surface area contributed by atoms with Crippen LogP contribution in [0.2, 0.25) is 0 Å². The summed E-state index contributed by atoms with van der Waals surface area (Å²) in [5.74, 6) is 0.513. The van der Waals surface area contributed by atoms with Gasteiger partial charge in [0.25, 0.3) is 5.91 Å². The van der Waals surface area contributed by atoms with Crippen molar-refractivity contribution in [3.63, 3.8) is 0 Å². The van der Waals surface area contributed by atoms with Crippen molar-refractivity contribution in [3.8, 4) is 5.75 Å². The molecule has 0 radical (unpaired) electrons. The lowest BCUT2D eigenvalue weighted by molar-refractivity contribution is -0.124. The standard InChI is InChI=1S/C16H25NO3/c1-12-5-7-13(8-6-12)20-11-15(19)17-14(9-10-18)16(2,3)4/h5-8,14,18H,9-11H2,1-4H3,(H,17,19). The number of amides is 1. The van der Waals surface area contributed by atoms with E-state index in [-0.39, 0.29) is 30.6 Å². The maximum Gasteiger partial charge on any atom is 0.258 e. The van der Waals surface area contributed by atoms with E-state index in [0.29, 0.717) is 12.2 Å². The number of aryl methyl sites for hydroxylation is 1. The Labute approximate surface area is 121 Å². The lowest BCUT2D eigenvalue weighted by atomic mass is 9.85. The number of aliphatic hydroxyl groups is 1. The molecule has 0 fully saturated rings. The summed E-state index contributed by atoms with van der Waals surface area (Å²) in [6.07, 6.45) is 0.541. The highest BCUT2D eigenvalue weighted by Gasteiger charge is 2.25. The maximum absolute atomic E-state index is 11.9. The van der Waals surface area contributed by atoms with Crippen molar-refractivity contribution in [2.24, 2.45) is 5.41 Å². The zero-order valence-corrected chi connectivity index (χ0v) is 12.8. The normalized spacial score (nSPS) is 12.8. The van der Waals surface area contributed by atoms with Crippen LogP contribution in [0.5, 0.6) is 5.75 Å². The number of hydrogen-bond acceptors (Lipinski definition) is 3. The molecule has 4 nitrogen and oxygen atoms in total. The molecule has 20 heavy (non-hydrogen) atoms. The van der Waals surface area contributed by atoms with Gasteiger partial charge in [-0.2, -0.15) is 0 Å². The second-order valence-corrected chi connectivity index (χ2v) is 6.10. The molecule has 1 aromatic rings. The Morgan fingerprint density at radius 3 is 2.40 bits per heavy atom. The Balaban J connectivity index is 2.47. The van der Waals surface area contributed by atoms with Gasteiger partial charge < -0.3 is 15.2 Å². The average Bonchev–Trinajstić information content (AvgIpc) is 2.36. The fourth-order valence-electron chi connectivity index (χ4n) is 1.87. The molecule has 2 N–H and O–H groups in total. The Kier molecular flexibility index (Phi) is 6.02. The highest BCUT2D eigenvalue weighted by molar-refractivity contribution is 5.77. The van der Waals surface area contributed by atoms with E-state index < -0.39 is 0 Å². The molecule has 0 saturated heterocycles. The molecule has 112 valence electrons. The monoisotopic (exact) mass is 279 g/mol. The van der Waals surface area contributed by atoms with Crippen molar-refractivity contribution in [3.05, 3.63) is 29.8 Å². The molecule has 0 saturated carbocycles. The Hall–Kier alpha value is -1.55. The first-order valence-electron chi connectivity index (χ1n) is 6.92. The van der Waals surface area contributed by atoms with Gasteiger partial charge in [0.2, 0.25) is 0 Å². The second kappa shape index (κ2) is 7.29. The third-order valence-corrected chi connectivity index (χ3v) is 3.19. The maximum atomic E-state index is 11.9. The molecule has 0 bridgehead atoms. The van der Waals surface area contributed by atoms with E-state index >= 15 is 0 Å². The first kappa shape index (κ1) is 16.5. The van der Waals surface area contributed by atoms with E-state index in [1.165, 1.54) is 0 Å². The van der Waals surface area contributed by atoms with Gasteiger partial charge in [-0.1, -0.05) is 38.5 Å². The largest absolute Gasteiger partial charge is 0.484 e. The first-order valence-corrected chi connectivity index (χ1v) is 6.92. The summed E-state index contributed by atoms with van der Waals surface area (Å²) in [6, 6.07) is 7.50. The molecular formula is C16H25NO3. The Morgan fingerprint density at radius 1 is 1.30 bits per heavy atom. The average molecular weight is 279 g/mol. The molecule has 1 unspecified atom stereocenters. The summed E-state index contributed by atoms with van der Waals surface area (Å²) in [4.78, 5) is 11.9. The molecule has 1 aromatic carbocycles. The van der Waals surface area contributed by atoms with Crippen molar-refractivity contribution in [2.45, 2.75) is 40.2 Å². The summed E-state index contributed by atoms with van der Waals surface area (Å²) in [5, 5.41) is 12.0. The van der Waals surface area contributed by atoms with E-state index in [4.69, 9.17) is 9.84 Å². The van der Waals surface area contributed by atoms with Crippen LogP contribution in [0, 0.1) is 12.3 Å². The summed E-state index contributed by atoms with van der Waals surface area (Å²) in [6.45, 7) is 8.15. The second-order valence-electron chi connectivity index (χ2n) is 6.10. The molecule has 1 rings (SSSR count). The van der Waals surface area contributed by atoms with E-state index in [1.54, 1.807) is 0 Å². The van der Waals surface area contributed by atoms with Crippen LogP contribution in [0.25, 0.3) is 0 Å². The van der Waals surface area contributed by atoms with Crippen LogP contribution >= 0.6 is 0 Å². The van der Waals surface area contributed by atoms with E-state index in [0.717, 1.165) is 5.56 Å². The van der Waals surface area contributed by atoms with Gasteiger partial charge in [-0.15, -0.1) is 0 Å². The van der Waals surface area contributed by atoms with Gasteiger partial charge in [0.05, 0.1) is 0 Å². The third kappa shape index (κ3) is 5.61. The first-order chi connectivity index (χ1) is 9.32. The zero-order chi connectivity index (χ0) is 15.2. The summed E-state index contributed by atoms with van der Waals surface area (Å²) < 4.78 is 5.44. The number of nitrogens with one attached hydrogen (secondary N) is 1. The minimum absolute atomic E-state index is 0.0128. The molecule has 0 aromatic heterocycles. The topological polar surface area (TPSA) is 58.6 Å². The molecule has 0 aliphatic rings. The van der Waals surface area contributed by atoms with Gasteiger partial charge in [-0.25, -0.2) is 0 Å². The van der Waals surface area contributed by atoms with E-state index in [9.17, 15) is 4.79 Å². The molecule has 0 aliphatic heterocycles. The van der Waals surface area contributed by atoms with Gasteiger partial charge in [0.1, 0.15) is 5.75 Å². The smallest absolute Gasteiger partial charge is 0.258 e. The molecular weight excluding hydrogens is 254 g/mol. The minimum Gasteiger partial charge on any atom is -0.484 e. The number of ether oxygens (including phenoxy) is 1. The van der Waals surface area contributed by atoms with Crippen LogP contribution in [0.4, 0.5) is 0 Å². The molecule has 0 spiro atoms. The van der Waals surface area contributed by atoms with Gasteiger partial charge in [0, 0.05) is 12.6 Å². The third-order valence-electron chi connectivity index (χ3n) is 3.19. The fraction of sp³-hybridized carbons (Fsp3) is 0.562. The molecule has 1 atom stereocenters. The molecule has 4 heteroatoms. The quantitative estimate of drug-likeness (QED) is 0.840. The molecule has 0 aliphatic carbocycles. The van der Waals surface area contributed by atoms with Gasteiger partial charge in [0.15, 0.2) is 6.61 Å². The zero-order valence-electron chi connectivity index (χ0n) is 12.8. The highest BCUT2D eigenvalue weighted by Crippen LogP contribution is 2.21. The van der Waals surface area contributed by atoms with Crippen LogP contribution in [0.1, 0.15) is 32.8 Å². The van der Waals surface area contributed by atoms with Crippen LogP contribution in [0.15, 0.2) is 24.3 Å². The number of rotatable bonds is 6. The number of hydrogen-bond donors (Lipinski definition) is 2. The fourth-order valence-corrected chi connectivity index (χ4v) is 1.87. The van der Waals surface area contributed by atoms with Crippen molar-refractivity contribution in [1.29, 1.82) is 0 Å². The van der Waals surface area contributed by atoms with E-state index in [2.05, 4.69) is 5.32 Å².